The molecule has 3 aromatic rings. The third-order valence-corrected chi connectivity index (χ3v) is 6.50. The van der Waals surface area contributed by atoms with Gasteiger partial charge in [-0.05, 0) is 62.9 Å². The van der Waals surface area contributed by atoms with Gasteiger partial charge in [0.15, 0.2) is 0 Å². The largest absolute Gasteiger partial charge is 0.466 e. The maximum absolute atomic E-state index is 12.9. The quantitative estimate of drug-likeness (QED) is 0.468. The highest BCUT2D eigenvalue weighted by molar-refractivity contribution is 6.30. The van der Waals surface area contributed by atoms with Gasteiger partial charge in [-0.2, -0.15) is 10.4 Å². The number of esters is 1. The zero-order chi connectivity index (χ0) is 25.7. The Morgan fingerprint density at radius 3 is 2.61 bits per heavy atom. The summed E-state index contributed by atoms with van der Waals surface area (Å²) in [5.41, 5.74) is 2.68. The molecule has 0 radical (unpaired) electrons. The molecular weight excluding hydrogens is 480 g/mol. The first-order chi connectivity index (χ1) is 17.4. The number of nitrogens with zero attached hydrogens (tertiary/aromatic N) is 5. The maximum Gasteiger partial charge on any atom is 0.306 e. The number of piperidine rings is 1. The standard InChI is InChI=1S/C26H27ClN6O3/c1-3-36-24(34)12-18-8-10-32(11-9-18)25-19(14-28)13-21(15-29-25)31-26(35)23-16-30-33(17(23)2)22-6-4-20(27)5-7-22/h4-7,13,15-16,18H,3,8-12H2,1-2H3,(H,31,35). The molecule has 1 saturated heterocycles. The van der Waals surface area contributed by atoms with Crippen LogP contribution in [-0.4, -0.2) is 46.3 Å². The van der Waals surface area contributed by atoms with Crippen molar-refractivity contribution in [2.45, 2.75) is 33.1 Å². The van der Waals surface area contributed by atoms with Crippen LogP contribution in [0.2, 0.25) is 5.02 Å². The van der Waals surface area contributed by atoms with Gasteiger partial charge in [0.1, 0.15) is 11.9 Å². The molecule has 2 aromatic heterocycles. The first kappa shape index (κ1) is 25.2. The van der Waals surface area contributed by atoms with Gasteiger partial charge in [0.25, 0.3) is 5.91 Å². The molecule has 3 heterocycles. The first-order valence-electron chi connectivity index (χ1n) is 11.8. The lowest BCUT2D eigenvalue weighted by Gasteiger charge is -2.32. The zero-order valence-corrected chi connectivity index (χ0v) is 21.0. The minimum atomic E-state index is -0.342. The molecule has 0 spiro atoms. The van der Waals surface area contributed by atoms with E-state index in [1.54, 1.807) is 36.0 Å². The second kappa shape index (κ2) is 11.2. The Hall–Kier alpha value is -3.90. The number of ether oxygens (including phenoxy) is 1. The smallest absolute Gasteiger partial charge is 0.306 e. The number of nitriles is 1. The van der Waals surface area contributed by atoms with E-state index in [2.05, 4.69) is 21.5 Å². The minimum absolute atomic E-state index is 0.166. The van der Waals surface area contributed by atoms with Gasteiger partial charge in [0.2, 0.25) is 0 Å². The normalized spacial score (nSPS) is 13.8. The van der Waals surface area contributed by atoms with Gasteiger partial charge in [-0.25, -0.2) is 9.67 Å². The number of hydrogen-bond donors (Lipinski definition) is 1. The van der Waals surface area contributed by atoms with Crippen LogP contribution in [0.1, 0.15) is 47.8 Å². The third kappa shape index (κ3) is 5.66. The fourth-order valence-corrected chi connectivity index (χ4v) is 4.46. The van der Waals surface area contributed by atoms with Crippen molar-refractivity contribution in [3.05, 3.63) is 64.6 Å². The van der Waals surface area contributed by atoms with E-state index >= 15 is 0 Å². The molecule has 1 amide bonds. The highest BCUT2D eigenvalue weighted by atomic mass is 35.5. The molecule has 10 heteroatoms. The van der Waals surface area contributed by atoms with Crippen LogP contribution in [0.15, 0.2) is 42.7 Å². The van der Waals surface area contributed by atoms with Gasteiger partial charge in [-0.15, -0.1) is 0 Å². The number of aromatic nitrogens is 3. The minimum Gasteiger partial charge on any atom is -0.466 e. The summed E-state index contributed by atoms with van der Waals surface area (Å²) in [5.74, 6) is 0.338. The molecule has 0 unspecified atom stereocenters. The van der Waals surface area contributed by atoms with Gasteiger partial charge in [-0.3, -0.25) is 9.59 Å². The summed E-state index contributed by atoms with van der Waals surface area (Å²) in [6, 6.07) is 11.0. The van der Waals surface area contributed by atoms with Crippen LogP contribution < -0.4 is 10.2 Å². The molecular formula is C26H27ClN6O3. The number of amides is 1. The second-order valence-corrected chi connectivity index (χ2v) is 9.07. The van der Waals surface area contributed by atoms with Crippen LogP contribution in [0.3, 0.4) is 0 Å². The van der Waals surface area contributed by atoms with Crippen molar-refractivity contribution in [2.24, 2.45) is 5.92 Å². The summed E-state index contributed by atoms with van der Waals surface area (Å²) in [6.07, 6.45) is 5.12. The average molecular weight is 507 g/mol. The molecule has 0 saturated carbocycles. The van der Waals surface area contributed by atoms with Crippen LogP contribution in [0.25, 0.3) is 5.69 Å². The Labute approximate surface area is 214 Å². The van der Waals surface area contributed by atoms with Crippen LogP contribution in [-0.2, 0) is 9.53 Å². The molecule has 1 N–H and O–H groups in total. The summed E-state index contributed by atoms with van der Waals surface area (Å²) in [4.78, 5) is 31.2. The molecule has 0 atom stereocenters. The number of halogens is 1. The lowest BCUT2D eigenvalue weighted by atomic mass is 9.93. The monoisotopic (exact) mass is 506 g/mol. The summed E-state index contributed by atoms with van der Waals surface area (Å²) in [6.45, 7) is 5.39. The molecule has 0 aliphatic carbocycles. The topological polar surface area (TPSA) is 113 Å². The molecule has 1 aliphatic rings. The number of rotatable bonds is 7. The van der Waals surface area contributed by atoms with Crippen molar-refractivity contribution in [2.75, 3.05) is 29.9 Å². The van der Waals surface area contributed by atoms with Crippen LogP contribution >= 0.6 is 11.6 Å². The molecule has 9 nitrogen and oxygen atoms in total. The maximum atomic E-state index is 12.9. The van der Waals surface area contributed by atoms with Crippen LogP contribution in [0, 0.1) is 24.2 Å². The molecule has 0 bridgehead atoms. The van der Waals surface area contributed by atoms with E-state index in [-0.39, 0.29) is 17.8 Å². The molecule has 1 aliphatic heterocycles. The first-order valence-corrected chi connectivity index (χ1v) is 12.2. The van der Waals surface area contributed by atoms with Crippen molar-refractivity contribution in [3.63, 3.8) is 0 Å². The van der Waals surface area contributed by atoms with Crippen molar-refractivity contribution in [3.8, 4) is 11.8 Å². The fraction of sp³-hybridized carbons (Fsp3) is 0.346. The molecule has 36 heavy (non-hydrogen) atoms. The van der Waals surface area contributed by atoms with Gasteiger partial charge >= 0.3 is 5.97 Å². The van der Waals surface area contributed by atoms with E-state index < -0.39 is 0 Å². The predicted molar refractivity (Wildman–Crippen MR) is 136 cm³/mol. The number of carbonyl (C=O) groups excluding carboxylic acids is 2. The van der Waals surface area contributed by atoms with Crippen molar-refractivity contribution in [1.29, 1.82) is 5.26 Å². The Kier molecular flexibility index (Phi) is 7.86. The van der Waals surface area contributed by atoms with Gasteiger partial charge in [-0.1, -0.05) is 11.6 Å². The molecule has 1 fully saturated rings. The molecule has 1 aromatic carbocycles. The predicted octanol–water partition coefficient (Wildman–Crippen LogP) is 4.52. The van der Waals surface area contributed by atoms with Crippen molar-refractivity contribution in [1.82, 2.24) is 14.8 Å². The number of nitrogens with one attached hydrogen (secondary N) is 1. The Morgan fingerprint density at radius 1 is 1.22 bits per heavy atom. The van der Waals surface area contributed by atoms with Gasteiger partial charge in [0.05, 0.1) is 47.2 Å². The van der Waals surface area contributed by atoms with E-state index in [0.717, 1.165) is 18.5 Å². The number of hydrogen-bond acceptors (Lipinski definition) is 7. The number of anilines is 2. The number of benzene rings is 1. The van der Waals surface area contributed by atoms with Crippen molar-refractivity contribution < 1.29 is 14.3 Å². The summed E-state index contributed by atoms with van der Waals surface area (Å²) < 4.78 is 6.72. The zero-order valence-electron chi connectivity index (χ0n) is 20.2. The Morgan fingerprint density at radius 2 is 1.94 bits per heavy atom. The highest BCUT2D eigenvalue weighted by Crippen LogP contribution is 2.28. The summed E-state index contributed by atoms with van der Waals surface area (Å²) in [5, 5.41) is 17.5. The number of carbonyl (C=O) groups is 2. The molecule has 4 rings (SSSR count). The van der Waals surface area contributed by atoms with E-state index in [4.69, 9.17) is 16.3 Å². The SMILES string of the molecule is CCOC(=O)CC1CCN(c2ncc(NC(=O)c3cnn(-c4ccc(Cl)cc4)c3C)cc2C#N)CC1. The van der Waals surface area contributed by atoms with Gasteiger partial charge in [0, 0.05) is 24.5 Å². The van der Waals surface area contributed by atoms with E-state index in [1.165, 1.54) is 6.20 Å². The Bertz CT molecular complexity index is 1290. The van der Waals surface area contributed by atoms with E-state index in [0.29, 0.717) is 59.5 Å². The summed E-state index contributed by atoms with van der Waals surface area (Å²) >= 11 is 5.96. The summed E-state index contributed by atoms with van der Waals surface area (Å²) in [7, 11) is 0. The third-order valence-electron chi connectivity index (χ3n) is 6.25. The highest BCUT2D eigenvalue weighted by Gasteiger charge is 2.25. The van der Waals surface area contributed by atoms with E-state index in [1.807, 2.05) is 24.0 Å². The number of pyridine rings is 1. The second-order valence-electron chi connectivity index (χ2n) is 8.63. The van der Waals surface area contributed by atoms with Crippen LogP contribution in [0.5, 0.6) is 0 Å². The lowest BCUT2D eigenvalue weighted by Crippen LogP contribution is -2.35. The average Bonchev–Trinajstić information content (AvgIpc) is 3.26. The Balaban J connectivity index is 1.42. The van der Waals surface area contributed by atoms with Gasteiger partial charge < -0.3 is 15.0 Å². The lowest BCUT2D eigenvalue weighted by molar-refractivity contribution is -0.144. The van der Waals surface area contributed by atoms with Crippen LogP contribution in [0.4, 0.5) is 11.5 Å². The van der Waals surface area contributed by atoms with E-state index in [9.17, 15) is 14.9 Å². The van der Waals surface area contributed by atoms with Crippen molar-refractivity contribution >= 4 is 35.0 Å². The fourth-order valence-electron chi connectivity index (χ4n) is 4.34. The molecule has 186 valence electrons.